The normalized spacial score (nSPS) is 10.8. The highest BCUT2D eigenvalue weighted by molar-refractivity contribution is 5.95. The first-order valence-electron chi connectivity index (χ1n) is 9.68. The summed E-state index contributed by atoms with van der Waals surface area (Å²) in [6.07, 6.45) is 1.55. The van der Waals surface area contributed by atoms with Crippen LogP contribution in [-0.4, -0.2) is 33.5 Å². The molecule has 0 bridgehead atoms. The fraction of sp³-hybridized carbons (Fsp3) is 0.333. The van der Waals surface area contributed by atoms with E-state index in [0.717, 1.165) is 29.8 Å². The summed E-state index contributed by atoms with van der Waals surface area (Å²) in [4.78, 5) is 27.8. The number of aromatic nitrogens is 2. The summed E-state index contributed by atoms with van der Waals surface area (Å²) in [5, 5.41) is 14.1. The molecule has 0 aliphatic carbocycles. The number of hydrogen-bond acceptors (Lipinski definition) is 5. The van der Waals surface area contributed by atoms with Gasteiger partial charge in [0.2, 0.25) is 0 Å². The van der Waals surface area contributed by atoms with Crippen molar-refractivity contribution >= 4 is 22.6 Å². The topological polar surface area (TPSA) is 99.3 Å². The van der Waals surface area contributed by atoms with Crippen LogP contribution in [0, 0.1) is 10.1 Å². The van der Waals surface area contributed by atoms with Gasteiger partial charge in [-0.15, -0.1) is 0 Å². The number of hydrogen-bond donors (Lipinski definition) is 1. The highest BCUT2D eigenvalue weighted by Crippen LogP contribution is 2.28. The Bertz CT molecular complexity index is 1030. The second-order valence-corrected chi connectivity index (χ2v) is 6.55. The fourth-order valence-corrected chi connectivity index (χ4v) is 3.26. The Morgan fingerprint density at radius 2 is 2.03 bits per heavy atom. The second-order valence-electron chi connectivity index (χ2n) is 6.55. The molecule has 0 aliphatic heterocycles. The lowest BCUT2D eigenvalue weighted by Crippen LogP contribution is -2.26. The monoisotopic (exact) mass is 396 g/mol. The highest BCUT2D eigenvalue weighted by Gasteiger charge is 2.18. The van der Waals surface area contributed by atoms with Crippen molar-refractivity contribution in [3.05, 3.63) is 64.0 Å². The SMILES string of the molecule is CCCn1c(CCNC(=O)c2ccc(OCC)c([N+](=O)[O-])c2)nc2ccccc21. The minimum atomic E-state index is -0.547. The van der Waals surface area contributed by atoms with E-state index < -0.39 is 4.92 Å². The van der Waals surface area contributed by atoms with Gasteiger partial charge in [-0.2, -0.15) is 0 Å². The number of amides is 1. The number of imidazole rings is 1. The summed E-state index contributed by atoms with van der Waals surface area (Å²) in [6, 6.07) is 12.2. The van der Waals surface area contributed by atoms with E-state index in [1.165, 1.54) is 18.2 Å². The lowest BCUT2D eigenvalue weighted by Gasteiger charge is -2.09. The number of fused-ring (bicyclic) bond motifs is 1. The van der Waals surface area contributed by atoms with Crippen LogP contribution in [0.15, 0.2) is 42.5 Å². The molecule has 3 rings (SSSR count). The fourth-order valence-electron chi connectivity index (χ4n) is 3.26. The molecule has 0 saturated heterocycles. The van der Waals surface area contributed by atoms with Gasteiger partial charge in [-0.1, -0.05) is 19.1 Å². The van der Waals surface area contributed by atoms with E-state index in [-0.39, 0.29) is 22.9 Å². The minimum Gasteiger partial charge on any atom is -0.487 e. The minimum absolute atomic E-state index is 0.155. The van der Waals surface area contributed by atoms with Crippen molar-refractivity contribution in [1.82, 2.24) is 14.9 Å². The van der Waals surface area contributed by atoms with Crippen molar-refractivity contribution in [1.29, 1.82) is 0 Å². The zero-order valence-corrected chi connectivity index (χ0v) is 16.6. The average molecular weight is 396 g/mol. The average Bonchev–Trinajstić information content (AvgIpc) is 3.06. The summed E-state index contributed by atoms with van der Waals surface area (Å²) >= 11 is 0. The molecule has 0 saturated carbocycles. The predicted octanol–water partition coefficient (Wildman–Crippen LogP) is 3.73. The Morgan fingerprint density at radius 1 is 1.24 bits per heavy atom. The molecule has 1 aromatic heterocycles. The molecule has 0 atom stereocenters. The van der Waals surface area contributed by atoms with Gasteiger partial charge in [-0.25, -0.2) is 4.98 Å². The van der Waals surface area contributed by atoms with Crippen LogP contribution < -0.4 is 10.1 Å². The number of ether oxygens (including phenoxy) is 1. The third-order valence-electron chi connectivity index (χ3n) is 4.53. The quantitative estimate of drug-likeness (QED) is 0.439. The Morgan fingerprint density at radius 3 is 2.76 bits per heavy atom. The number of para-hydroxylation sites is 2. The first kappa shape index (κ1) is 20.3. The summed E-state index contributed by atoms with van der Waals surface area (Å²) in [5.41, 5.74) is 2.02. The Hall–Kier alpha value is -3.42. The van der Waals surface area contributed by atoms with Crippen LogP contribution in [0.2, 0.25) is 0 Å². The van der Waals surface area contributed by atoms with Crippen molar-refractivity contribution in [2.75, 3.05) is 13.2 Å². The number of nitrogens with zero attached hydrogens (tertiary/aromatic N) is 3. The smallest absolute Gasteiger partial charge is 0.311 e. The molecule has 0 fully saturated rings. The predicted molar refractivity (Wildman–Crippen MR) is 110 cm³/mol. The van der Waals surface area contributed by atoms with Gasteiger partial charge in [0.1, 0.15) is 5.82 Å². The number of carbonyl (C=O) groups excluding carboxylic acids is 1. The van der Waals surface area contributed by atoms with Crippen LogP contribution in [0.25, 0.3) is 11.0 Å². The van der Waals surface area contributed by atoms with E-state index in [4.69, 9.17) is 4.74 Å². The van der Waals surface area contributed by atoms with Crippen molar-refractivity contribution in [2.24, 2.45) is 0 Å². The number of nitro benzene ring substituents is 1. The molecule has 2 aromatic carbocycles. The van der Waals surface area contributed by atoms with E-state index in [9.17, 15) is 14.9 Å². The summed E-state index contributed by atoms with van der Waals surface area (Å²) in [5.74, 6) is 0.697. The third-order valence-corrected chi connectivity index (χ3v) is 4.53. The van der Waals surface area contributed by atoms with Gasteiger partial charge in [0.15, 0.2) is 5.75 Å². The van der Waals surface area contributed by atoms with Gasteiger partial charge < -0.3 is 14.6 Å². The lowest BCUT2D eigenvalue weighted by atomic mass is 10.1. The summed E-state index contributed by atoms with van der Waals surface area (Å²) in [7, 11) is 0. The molecule has 1 N–H and O–H groups in total. The Labute approximate surface area is 168 Å². The molecule has 8 heteroatoms. The molecule has 0 aliphatic rings. The van der Waals surface area contributed by atoms with Crippen molar-refractivity contribution in [3.8, 4) is 5.75 Å². The van der Waals surface area contributed by atoms with E-state index in [1.807, 2.05) is 24.3 Å². The number of nitrogens with one attached hydrogen (secondary N) is 1. The molecular formula is C21H24N4O4. The zero-order chi connectivity index (χ0) is 20.8. The van der Waals surface area contributed by atoms with Crippen LogP contribution in [0.4, 0.5) is 5.69 Å². The number of aryl methyl sites for hydroxylation is 1. The van der Waals surface area contributed by atoms with Crippen LogP contribution in [0.5, 0.6) is 5.75 Å². The van der Waals surface area contributed by atoms with Gasteiger partial charge in [0, 0.05) is 31.1 Å². The van der Waals surface area contributed by atoms with Gasteiger partial charge >= 0.3 is 5.69 Å². The molecule has 1 amide bonds. The van der Waals surface area contributed by atoms with Gasteiger partial charge in [-0.05, 0) is 37.6 Å². The maximum absolute atomic E-state index is 12.5. The number of carbonyl (C=O) groups is 1. The van der Waals surface area contributed by atoms with E-state index in [2.05, 4.69) is 21.8 Å². The maximum atomic E-state index is 12.5. The molecule has 152 valence electrons. The first-order valence-corrected chi connectivity index (χ1v) is 9.68. The molecule has 0 unspecified atom stereocenters. The van der Waals surface area contributed by atoms with Crippen LogP contribution >= 0.6 is 0 Å². The summed E-state index contributed by atoms with van der Waals surface area (Å²) in [6.45, 7) is 5.41. The summed E-state index contributed by atoms with van der Waals surface area (Å²) < 4.78 is 7.42. The first-order chi connectivity index (χ1) is 14.0. The maximum Gasteiger partial charge on any atom is 0.311 e. The van der Waals surface area contributed by atoms with Crippen molar-refractivity contribution < 1.29 is 14.5 Å². The molecule has 3 aromatic rings. The van der Waals surface area contributed by atoms with E-state index in [1.54, 1.807) is 6.92 Å². The van der Waals surface area contributed by atoms with Gasteiger partial charge in [0.25, 0.3) is 5.91 Å². The number of benzene rings is 2. The third kappa shape index (κ3) is 4.53. The molecular weight excluding hydrogens is 372 g/mol. The molecule has 1 heterocycles. The number of nitro groups is 1. The molecule has 0 spiro atoms. The van der Waals surface area contributed by atoms with E-state index >= 15 is 0 Å². The van der Waals surface area contributed by atoms with Crippen molar-refractivity contribution in [2.45, 2.75) is 33.2 Å². The largest absolute Gasteiger partial charge is 0.487 e. The van der Waals surface area contributed by atoms with Crippen molar-refractivity contribution in [3.63, 3.8) is 0 Å². The molecule has 0 radical (unpaired) electrons. The highest BCUT2D eigenvalue weighted by atomic mass is 16.6. The van der Waals surface area contributed by atoms with Gasteiger partial charge in [-0.3, -0.25) is 14.9 Å². The molecule has 8 nitrogen and oxygen atoms in total. The van der Waals surface area contributed by atoms with Crippen LogP contribution in [0.3, 0.4) is 0 Å². The second kappa shape index (κ2) is 9.18. The Balaban J connectivity index is 1.70. The number of rotatable bonds is 9. The van der Waals surface area contributed by atoms with Crippen LogP contribution in [0.1, 0.15) is 36.5 Å². The van der Waals surface area contributed by atoms with Gasteiger partial charge in [0.05, 0.1) is 22.6 Å². The standard InChI is InChI=1S/C21H24N4O4/c1-3-13-24-17-8-6-5-7-16(17)23-20(24)11-12-22-21(26)15-9-10-19(29-4-2)18(14-15)25(27)28/h5-10,14H,3-4,11-13H2,1-2H3,(H,22,26). The molecule has 29 heavy (non-hydrogen) atoms. The zero-order valence-electron chi connectivity index (χ0n) is 16.6. The Kier molecular flexibility index (Phi) is 6.43. The van der Waals surface area contributed by atoms with Crippen LogP contribution in [-0.2, 0) is 13.0 Å². The van der Waals surface area contributed by atoms with E-state index in [0.29, 0.717) is 19.6 Å². The lowest BCUT2D eigenvalue weighted by molar-refractivity contribution is -0.385.